The highest BCUT2D eigenvalue weighted by atomic mass is 32.2. The molecule has 0 radical (unpaired) electrons. The summed E-state index contributed by atoms with van der Waals surface area (Å²) in [5.41, 5.74) is 6.72. The lowest BCUT2D eigenvalue weighted by atomic mass is 10.2. The summed E-state index contributed by atoms with van der Waals surface area (Å²) in [5, 5.41) is 6.35. The number of hydrogen-bond donors (Lipinski definition) is 2. The SMILES string of the molecule is CSC(=NN(C(N)=O)C(=O)OCc1ccccc1)NC(=O)OCc1ccccc1. The topological polar surface area (TPSA) is 123 Å². The molecule has 9 nitrogen and oxygen atoms in total. The lowest BCUT2D eigenvalue weighted by Gasteiger charge is -2.15. The summed E-state index contributed by atoms with van der Waals surface area (Å²) < 4.78 is 10.1. The molecule has 152 valence electrons. The smallest absolute Gasteiger partial charge is 0.439 e. The van der Waals surface area contributed by atoms with Gasteiger partial charge < -0.3 is 15.2 Å². The van der Waals surface area contributed by atoms with E-state index in [1.165, 1.54) is 0 Å². The Morgan fingerprint density at radius 2 is 1.48 bits per heavy atom. The van der Waals surface area contributed by atoms with Gasteiger partial charge >= 0.3 is 18.2 Å². The Hall–Kier alpha value is -3.53. The van der Waals surface area contributed by atoms with Gasteiger partial charge in [-0.3, -0.25) is 5.32 Å². The number of nitrogens with two attached hydrogens (primary N) is 1. The van der Waals surface area contributed by atoms with E-state index in [0.717, 1.165) is 22.9 Å². The highest BCUT2D eigenvalue weighted by Crippen LogP contribution is 2.07. The molecule has 2 rings (SSSR count). The Labute approximate surface area is 171 Å². The summed E-state index contributed by atoms with van der Waals surface area (Å²) in [6, 6.07) is 16.8. The van der Waals surface area contributed by atoms with Crippen LogP contribution in [-0.2, 0) is 22.7 Å². The maximum absolute atomic E-state index is 12.1. The van der Waals surface area contributed by atoms with E-state index in [1.54, 1.807) is 42.7 Å². The van der Waals surface area contributed by atoms with Gasteiger partial charge in [-0.25, -0.2) is 14.4 Å². The molecule has 0 heterocycles. The number of alkyl carbamates (subject to hydrolysis) is 1. The van der Waals surface area contributed by atoms with Crippen molar-refractivity contribution in [2.75, 3.05) is 6.26 Å². The summed E-state index contributed by atoms with van der Waals surface area (Å²) in [5.74, 6) is 0. The zero-order valence-corrected chi connectivity index (χ0v) is 16.4. The van der Waals surface area contributed by atoms with Crippen LogP contribution in [-0.4, -0.2) is 34.6 Å². The number of amides is 4. The van der Waals surface area contributed by atoms with Gasteiger partial charge in [0, 0.05) is 0 Å². The van der Waals surface area contributed by atoms with Crippen LogP contribution < -0.4 is 11.1 Å². The molecule has 4 amide bonds. The van der Waals surface area contributed by atoms with E-state index < -0.39 is 18.2 Å². The Kier molecular flexibility index (Phi) is 8.51. The molecule has 0 saturated heterocycles. The number of imide groups is 1. The fourth-order valence-corrected chi connectivity index (χ4v) is 2.36. The number of ether oxygens (including phenoxy) is 2. The number of rotatable bonds is 5. The van der Waals surface area contributed by atoms with E-state index in [0.29, 0.717) is 5.01 Å². The Balaban J connectivity index is 1.95. The predicted octanol–water partition coefficient (Wildman–Crippen LogP) is 3.26. The quantitative estimate of drug-likeness (QED) is 0.438. The average Bonchev–Trinajstić information content (AvgIpc) is 2.74. The van der Waals surface area contributed by atoms with Crippen molar-refractivity contribution in [1.29, 1.82) is 0 Å². The van der Waals surface area contributed by atoms with Crippen molar-refractivity contribution >= 4 is 35.1 Å². The summed E-state index contributed by atoms with van der Waals surface area (Å²) in [4.78, 5) is 35.7. The number of primary amides is 1. The Morgan fingerprint density at radius 3 is 1.97 bits per heavy atom. The third kappa shape index (κ3) is 7.54. The van der Waals surface area contributed by atoms with Gasteiger partial charge in [-0.05, 0) is 17.4 Å². The molecule has 0 aliphatic carbocycles. The molecule has 2 aromatic carbocycles. The van der Waals surface area contributed by atoms with Crippen molar-refractivity contribution in [3.8, 4) is 0 Å². The van der Waals surface area contributed by atoms with Crippen molar-refractivity contribution in [1.82, 2.24) is 10.3 Å². The lowest BCUT2D eigenvalue weighted by molar-refractivity contribution is 0.106. The molecule has 0 bridgehead atoms. The highest BCUT2D eigenvalue weighted by Gasteiger charge is 2.22. The first kappa shape index (κ1) is 21.8. The largest absolute Gasteiger partial charge is 0.444 e. The maximum Gasteiger partial charge on any atom is 0.439 e. The molecule has 29 heavy (non-hydrogen) atoms. The number of carbonyl (C=O) groups excluding carboxylic acids is 3. The summed E-state index contributed by atoms with van der Waals surface area (Å²) in [7, 11) is 0. The average molecular weight is 416 g/mol. The molecule has 2 aromatic rings. The van der Waals surface area contributed by atoms with Crippen LogP contribution in [0.25, 0.3) is 0 Å². The zero-order chi connectivity index (χ0) is 21.1. The van der Waals surface area contributed by atoms with E-state index in [4.69, 9.17) is 15.2 Å². The van der Waals surface area contributed by atoms with Gasteiger partial charge in [0.1, 0.15) is 13.2 Å². The van der Waals surface area contributed by atoms with Gasteiger partial charge in [0.2, 0.25) is 0 Å². The van der Waals surface area contributed by atoms with Gasteiger partial charge in [0.05, 0.1) is 0 Å². The Bertz CT molecular complexity index is 861. The minimum atomic E-state index is -1.16. The van der Waals surface area contributed by atoms with E-state index in [-0.39, 0.29) is 18.4 Å². The highest BCUT2D eigenvalue weighted by molar-refractivity contribution is 8.13. The number of amidine groups is 1. The second kappa shape index (κ2) is 11.3. The van der Waals surface area contributed by atoms with E-state index in [9.17, 15) is 14.4 Å². The van der Waals surface area contributed by atoms with E-state index in [2.05, 4.69) is 10.4 Å². The molecule has 0 unspecified atom stereocenters. The molecule has 0 saturated carbocycles. The minimum Gasteiger partial charge on any atom is -0.444 e. The molecule has 10 heteroatoms. The third-order valence-electron chi connectivity index (χ3n) is 3.39. The number of benzene rings is 2. The number of thioether (sulfide) groups is 1. The maximum atomic E-state index is 12.1. The number of hydrogen-bond acceptors (Lipinski definition) is 7. The second-order valence-corrected chi connectivity index (χ2v) is 6.28. The number of hydrazone groups is 1. The molecule has 0 aliphatic rings. The molecule has 0 aromatic heterocycles. The molecule has 3 N–H and O–H groups in total. The fraction of sp³-hybridized carbons (Fsp3) is 0.158. The first-order chi connectivity index (χ1) is 14.0. The molecule has 0 aliphatic heterocycles. The van der Waals surface area contributed by atoms with Gasteiger partial charge in [0.25, 0.3) is 0 Å². The van der Waals surface area contributed by atoms with E-state index in [1.807, 2.05) is 24.3 Å². The van der Waals surface area contributed by atoms with Crippen LogP contribution in [0.4, 0.5) is 14.4 Å². The van der Waals surface area contributed by atoms with Crippen LogP contribution in [0.5, 0.6) is 0 Å². The van der Waals surface area contributed by atoms with Crippen molar-refractivity contribution < 1.29 is 23.9 Å². The van der Waals surface area contributed by atoms with Crippen molar-refractivity contribution in [3.05, 3.63) is 71.8 Å². The zero-order valence-electron chi connectivity index (χ0n) is 15.6. The van der Waals surface area contributed by atoms with Crippen LogP contribution in [0.3, 0.4) is 0 Å². The summed E-state index contributed by atoms with van der Waals surface area (Å²) >= 11 is 0.978. The normalized spacial score (nSPS) is 10.7. The minimum absolute atomic E-state index is 0.0486. The standard InChI is InChI=1S/C19H20N4O5S/c1-29-17(21-18(25)27-12-14-8-4-2-5-9-14)22-23(16(20)24)19(26)28-13-15-10-6-3-7-11-15/h2-11H,12-13H2,1H3,(H2,20,24)(H,21,22,25). The van der Waals surface area contributed by atoms with Crippen molar-refractivity contribution in [2.24, 2.45) is 10.8 Å². The molecular weight excluding hydrogens is 396 g/mol. The lowest BCUT2D eigenvalue weighted by Crippen LogP contribution is -2.40. The fourth-order valence-electron chi connectivity index (χ4n) is 2.01. The first-order valence-corrected chi connectivity index (χ1v) is 9.62. The number of nitrogens with zero attached hydrogens (tertiary/aromatic N) is 2. The van der Waals surface area contributed by atoms with Gasteiger partial charge in [-0.2, -0.15) is 0 Å². The van der Waals surface area contributed by atoms with Crippen LogP contribution in [0, 0.1) is 0 Å². The van der Waals surface area contributed by atoms with Gasteiger partial charge in [-0.15, -0.1) is 10.1 Å². The summed E-state index contributed by atoms with van der Waals surface area (Å²) in [6.07, 6.45) is -0.290. The molecule has 0 spiro atoms. The van der Waals surface area contributed by atoms with Gasteiger partial charge in [-0.1, -0.05) is 72.4 Å². The molecule has 0 fully saturated rings. The van der Waals surface area contributed by atoms with Crippen LogP contribution >= 0.6 is 11.8 Å². The summed E-state index contributed by atoms with van der Waals surface area (Å²) in [6.45, 7) is -0.0207. The van der Waals surface area contributed by atoms with Crippen LogP contribution in [0.1, 0.15) is 11.1 Å². The van der Waals surface area contributed by atoms with Crippen molar-refractivity contribution in [2.45, 2.75) is 13.2 Å². The molecule has 0 atom stereocenters. The van der Waals surface area contributed by atoms with Gasteiger partial charge in [0.15, 0.2) is 5.17 Å². The Morgan fingerprint density at radius 1 is 0.966 bits per heavy atom. The molecular formula is C19H20N4O5S. The number of nitrogens with one attached hydrogen (secondary N) is 1. The monoisotopic (exact) mass is 416 g/mol. The number of urea groups is 1. The number of carbonyl (C=O) groups is 3. The second-order valence-electron chi connectivity index (χ2n) is 5.49. The predicted molar refractivity (Wildman–Crippen MR) is 109 cm³/mol. The first-order valence-electron chi connectivity index (χ1n) is 8.40. The van der Waals surface area contributed by atoms with E-state index >= 15 is 0 Å². The van der Waals surface area contributed by atoms with Crippen molar-refractivity contribution in [3.63, 3.8) is 0 Å². The van der Waals surface area contributed by atoms with Crippen LogP contribution in [0.15, 0.2) is 65.8 Å². The van der Waals surface area contributed by atoms with Crippen LogP contribution in [0.2, 0.25) is 0 Å². The third-order valence-corrected chi connectivity index (χ3v) is 3.96.